The van der Waals surface area contributed by atoms with Crippen molar-refractivity contribution in [2.75, 3.05) is 31.5 Å². The standard InChI is InChI=1S/C23H25F3N8O/c24-23(25,26)13-31-22(35)32-17-7-16(9-28-10-17)19-12-29-20-8-15(3-6-34(19)20)18-11-30-21(33-18)14-1-4-27-5-2-14/h3,6-11,14,19,21,27H,1-2,4-5,12-13H2,(H2,31,32,35). The van der Waals surface area contributed by atoms with Crippen molar-refractivity contribution in [3.63, 3.8) is 0 Å². The Morgan fingerprint density at radius 1 is 1.23 bits per heavy atom. The average molecular weight is 487 g/mol. The Labute approximate surface area is 200 Å². The molecule has 2 atom stereocenters. The van der Waals surface area contributed by atoms with E-state index in [0.717, 1.165) is 48.6 Å². The van der Waals surface area contributed by atoms with Crippen LogP contribution in [0.25, 0.3) is 0 Å². The Kier molecular flexibility index (Phi) is 6.37. The summed E-state index contributed by atoms with van der Waals surface area (Å²) in [6, 6.07) is 0.596. The first-order chi connectivity index (χ1) is 16.9. The molecular formula is C23H25F3N8O. The Morgan fingerprint density at radius 2 is 2.06 bits per heavy atom. The van der Waals surface area contributed by atoms with Gasteiger partial charge < -0.3 is 20.9 Å². The summed E-state index contributed by atoms with van der Waals surface area (Å²) in [5, 5.41) is 7.54. The predicted octanol–water partition coefficient (Wildman–Crippen LogP) is 2.83. The maximum Gasteiger partial charge on any atom is 0.405 e. The molecule has 0 radical (unpaired) electrons. The maximum absolute atomic E-state index is 12.3. The highest BCUT2D eigenvalue weighted by Crippen LogP contribution is 2.32. The third-order valence-electron chi connectivity index (χ3n) is 6.30. The van der Waals surface area contributed by atoms with Gasteiger partial charge in [0.1, 0.15) is 18.5 Å². The van der Waals surface area contributed by atoms with E-state index in [1.165, 1.54) is 6.20 Å². The van der Waals surface area contributed by atoms with Crippen molar-refractivity contribution in [2.45, 2.75) is 31.2 Å². The maximum atomic E-state index is 12.3. The Hall–Kier alpha value is -3.54. The van der Waals surface area contributed by atoms with Gasteiger partial charge in [-0.2, -0.15) is 13.2 Å². The zero-order chi connectivity index (χ0) is 24.4. The van der Waals surface area contributed by atoms with Crippen molar-refractivity contribution in [2.24, 2.45) is 20.9 Å². The number of hydrogen-bond acceptors (Lipinski definition) is 7. The van der Waals surface area contributed by atoms with Gasteiger partial charge in [-0.05, 0) is 49.7 Å². The first-order valence-electron chi connectivity index (χ1n) is 11.5. The lowest BCUT2D eigenvalue weighted by Crippen LogP contribution is -2.36. The summed E-state index contributed by atoms with van der Waals surface area (Å²) in [7, 11) is 0. The van der Waals surface area contributed by atoms with Crippen LogP contribution in [0, 0.1) is 5.92 Å². The lowest BCUT2D eigenvalue weighted by Gasteiger charge is -2.26. The molecule has 1 fully saturated rings. The van der Waals surface area contributed by atoms with Crippen LogP contribution in [0.2, 0.25) is 0 Å². The number of amides is 2. The molecule has 0 aromatic carbocycles. The number of fused-ring (bicyclic) bond motifs is 1. The quantitative estimate of drug-likeness (QED) is 0.595. The van der Waals surface area contributed by atoms with E-state index >= 15 is 0 Å². The second kappa shape index (κ2) is 9.61. The van der Waals surface area contributed by atoms with Crippen molar-refractivity contribution in [1.82, 2.24) is 20.5 Å². The molecule has 2 unspecified atom stereocenters. The van der Waals surface area contributed by atoms with Gasteiger partial charge >= 0.3 is 12.2 Å². The number of aliphatic imine (C=N–C) groups is 3. The predicted molar refractivity (Wildman–Crippen MR) is 127 cm³/mol. The molecule has 0 bridgehead atoms. The summed E-state index contributed by atoms with van der Waals surface area (Å²) in [5.41, 5.74) is 2.89. The number of alkyl halides is 3. The van der Waals surface area contributed by atoms with E-state index in [1.54, 1.807) is 17.6 Å². The van der Waals surface area contributed by atoms with Crippen molar-refractivity contribution < 1.29 is 18.0 Å². The molecule has 4 aliphatic rings. The second-order valence-electron chi connectivity index (χ2n) is 8.76. The number of hydrogen-bond donors (Lipinski definition) is 3. The highest BCUT2D eigenvalue weighted by Gasteiger charge is 2.31. The van der Waals surface area contributed by atoms with Crippen molar-refractivity contribution in [3.05, 3.63) is 47.9 Å². The van der Waals surface area contributed by atoms with Gasteiger partial charge in [0.15, 0.2) is 0 Å². The van der Waals surface area contributed by atoms with Gasteiger partial charge in [0.2, 0.25) is 0 Å². The Bertz CT molecular complexity index is 1130. The molecule has 2 amide bonds. The zero-order valence-corrected chi connectivity index (χ0v) is 18.8. The fraction of sp³-hybridized carbons (Fsp3) is 0.435. The summed E-state index contributed by atoms with van der Waals surface area (Å²) < 4.78 is 36.9. The molecule has 5 heterocycles. The molecule has 9 nitrogen and oxygen atoms in total. The number of nitrogens with zero attached hydrogens (tertiary/aromatic N) is 5. The van der Waals surface area contributed by atoms with Crippen LogP contribution in [-0.2, 0) is 0 Å². The van der Waals surface area contributed by atoms with E-state index in [-0.39, 0.29) is 12.2 Å². The smallest absolute Gasteiger partial charge is 0.329 e. The average Bonchev–Trinajstić information content (AvgIpc) is 3.50. The van der Waals surface area contributed by atoms with Crippen LogP contribution < -0.4 is 16.0 Å². The van der Waals surface area contributed by atoms with E-state index in [4.69, 9.17) is 4.99 Å². The first-order valence-corrected chi connectivity index (χ1v) is 11.5. The van der Waals surface area contributed by atoms with Gasteiger partial charge in [0.05, 0.1) is 30.2 Å². The summed E-state index contributed by atoms with van der Waals surface area (Å²) in [5.74, 6) is 1.25. The second-order valence-corrected chi connectivity index (χ2v) is 8.76. The molecule has 1 aromatic heterocycles. The highest BCUT2D eigenvalue weighted by molar-refractivity contribution is 6.41. The fourth-order valence-corrected chi connectivity index (χ4v) is 4.52. The summed E-state index contributed by atoms with van der Waals surface area (Å²) in [6.45, 7) is 1.07. The van der Waals surface area contributed by atoms with Crippen LogP contribution in [-0.4, -0.2) is 72.2 Å². The van der Waals surface area contributed by atoms with Crippen LogP contribution in [0.4, 0.5) is 23.7 Å². The van der Waals surface area contributed by atoms with Gasteiger partial charge in [-0.3, -0.25) is 20.0 Å². The largest absolute Gasteiger partial charge is 0.405 e. The minimum atomic E-state index is -4.48. The monoisotopic (exact) mass is 486 g/mol. The highest BCUT2D eigenvalue weighted by atomic mass is 19.4. The summed E-state index contributed by atoms with van der Waals surface area (Å²) in [4.78, 5) is 32.0. The number of piperidine rings is 1. The number of urea groups is 1. The van der Waals surface area contributed by atoms with Crippen LogP contribution in [0.3, 0.4) is 0 Å². The number of halogens is 3. The molecule has 184 valence electrons. The summed E-state index contributed by atoms with van der Waals surface area (Å²) in [6.07, 6.45) is 8.43. The minimum absolute atomic E-state index is 0.0210. The SMILES string of the molecule is O=C(NCC(F)(F)F)Nc1cncc(C2CN=C3C=C(C4=NC(C5CCNCC5)N=C4)C=CN32)c1. The zero-order valence-electron chi connectivity index (χ0n) is 18.8. The summed E-state index contributed by atoms with van der Waals surface area (Å²) >= 11 is 0. The number of nitrogens with one attached hydrogen (secondary N) is 3. The molecule has 1 saturated heterocycles. The van der Waals surface area contributed by atoms with E-state index in [9.17, 15) is 18.0 Å². The van der Waals surface area contributed by atoms with Crippen LogP contribution in [0.1, 0.15) is 24.4 Å². The first kappa shape index (κ1) is 23.2. The van der Waals surface area contributed by atoms with E-state index in [1.807, 2.05) is 29.5 Å². The third-order valence-corrected chi connectivity index (χ3v) is 6.30. The number of carbonyl (C=O) groups is 1. The lowest BCUT2D eigenvalue weighted by atomic mass is 9.95. The molecule has 12 heteroatoms. The van der Waals surface area contributed by atoms with Crippen LogP contribution >= 0.6 is 0 Å². The fourth-order valence-electron chi connectivity index (χ4n) is 4.52. The molecule has 3 N–H and O–H groups in total. The van der Waals surface area contributed by atoms with E-state index in [0.29, 0.717) is 18.2 Å². The van der Waals surface area contributed by atoms with Gasteiger partial charge in [-0.15, -0.1) is 0 Å². The minimum Gasteiger partial charge on any atom is -0.329 e. The topological polar surface area (TPSA) is 106 Å². The molecule has 5 rings (SSSR count). The van der Waals surface area contributed by atoms with Crippen molar-refractivity contribution in [3.8, 4) is 0 Å². The molecular weight excluding hydrogens is 461 g/mol. The van der Waals surface area contributed by atoms with Gasteiger partial charge in [0.25, 0.3) is 0 Å². The number of allylic oxidation sites excluding steroid dienone is 2. The normalized spacial score (nSPS) is 24.1. The van der Waals surface area contributed by atoms with Gasteiger partial charge in [-0.1, -0.05) is 0 Å². The number of amidine groups is 1. The van der Waals surface area contributed by atoms with Gasteiger partial charge in [-0.25, -0.2) is 4.79 Å². The molecule has 1 aromatic rings. The Balaban J connectivity index is 1.23. The molecule has 0 spiro atoms. The van der Waals surface area contributed by atoms with Crippen LogP contribution in [0.5, 0.6) is 0 Å². The van der Waals surface area contributed by atoms with Crippen LogP contribution in [0.15, 0.2) is 57.4 Å². The number of carbonyl (C=O) groups excluding carboxylic acids is 1. The van der Waals surface area contributed by atoms with Crippen molar-refractivity contribution in [1.29, 1.82) is 0 Å². The number of rotatable bonds is 5. The van der Waals surface area contributed by atoms with Crippen molar-refractivity contribution >= 4 is 29.5 Å². The molecule has 0 aliphatic carbocycles. The Morgan fingerprint density at radius 3 is 2.86 bits per heavy atom. The van der Waals surface area contributed by atoms with E-state index < -0.39 is 18.8 Å². The molecule has 0 saturated carbocycles. The molecule has 4 aliphatic heterocycles. The molecule has 35 heavy (non-hydrogen) atoms. The number of pyridine rings is 1. The van der Waals surface area contributed by atoms with E-state index in [2.05, 4.69) is 25.6 Å². The number of aromatic nitrogens is 1. The third kappa shape index (κ3) is 5.42. The lowest BCUT2D eigenvalue weighted by molar-refractivity contribution is -0.122. The number of anilines is 1. The van der Waals surface area contributed by atoms with Gasteiger partial charge in [0, 0.05) is 30.1 Å².